The van der Waals surface area contributed by atoms with E-state index in [4.69, 9.17) is 32.7 Å². The number of nitrogens with one attached hydrogen (secondary N) is 1. The molecule has 2 aromatic rings. The van der Waals surface area contributed by atoms with Gasteiger partial charge in [0.2, 0.25) is 12.0 Å². The number of amides is 1. The van der Waals surface area contributed by atoms with E-state index in [1.165, 1.54) is 13.0 Å². The highest BCUT2D eigenvalue weighted by molar-refractivity contribution is 6.55. The van der Waals surface area contributed by atoms with E-state index in [0.29, 0.717) is 17.1 Å². The van der Waals surface area contributed by atoms with Gasteiger partial charge in [0.05, 0.1) is 12.0 Å². The van der Waals surface area contributed by atoms with Gasteiger partial charge in [-0.15, -0.1) is 0 Å². The summed E-state index contributed by atoms with van der Waals surface area (Å²) < 4.78 is 11.2. The molecule has 0 saturated heterocycles. The van der Waals surface area contributed by atoms with Crippen LogP contribution < -0.4 is 10.1 Å². The molecule has 0 heterocycles. The number of hydrogen-bond donors (Lipinski definition) is 1. The second-order valence-electron chi connectivity index (χ2n) is 7.39. The Kier molecular flexibility index (Phi) is 9.58. The monoisotopic (exact) mass is 474 g/mol. The zero-order valence-corrected chi connectivity index (χ0v) is 19.4. The molecule has 2 aromatic carbocycles. The van der Waals surface area contributed by atoms with Gasteiger partial charge in [-0.2, -0.15) is 5.26 Å². The van der Waals surface area contributed by atoms with Crippen molar-refractivity contribution in [2.75, 3.05) is 0 Å². The van der Waals surface area contributed by atoms with Crippen molar-refractivity contribution in [2.45, 2.75) is 32.9 Å². The number of nitriles is 1. The van der Waals surface area contributed by atoms with Crippen LogP contribution in [0.4, 0.5) is 0 Å². The van der Waals surface area contributed by atoms with Gasteiger partial charge in [0.1, 0.15) is 22.1 Å². The van der Waals surface area contributed by atoms with E-state index < -0.39 is 24.0 Å². The molecule has 3 unspecified atom stereocenters. The van der Waals surface area contributed by atoms with Crippen LogP contribution in [0.25, 0.3) is 0 Å². The highest BCUT2D eigenvalue weighted by Crippen LogP contribution is 2.28. The Hall–Kier alpha value is -3.01. The van der Waals surface area contributed by atoms with Gasteiger partial charge < -0.3 is 14.8 Å². The molecule has 0 spiro atoms. The number of carbonyl (C=O) groups is 2. The molecule has 0 aliphatic rings. The standard InChI is InChI=1S/C24H24Cl2N2O4/c1-15(2)23(20(13-22(25)26)28-16(3)29)24(30)32-21(14-27)17-8-7-11-19(12-17)31-18-9-5-4-6-10-18/h4-13,15,20-21,23H,1-3H3,(H,28,29). The van der Waals surface area contributed by atoms with Gasteiger partial charge in [-0.1, -0.05) is 67.4 Å². The van der Waals surface area contributed by atoms with Crippen molar-refractivity contribution in [2.24, 2.45) is 11.8 Å². The highest BCUT2D eigenvalue weighted by Gasteiger charge is 2.34. The Balaban J connectivity index is 2.24. The lowest BCUT2D eigenvalue weighted by molar-refractivity contribution is -0.154. The van der Waals surface area contributed by atoms with Gasteiger partial charge in [-0.3, -0.25) is 9.59 Å². The average Bonchev–Trinajstić information content (AvgIpc) is 2.72. The zero-order valence-electron chi connectivity index (χ0n) is 17.9. The maximum atomic E-state index is 13.0. The summed E-state index contributed by atoms with van der Waals surface area (Å²) in [4.78, 5) is 24.7. The molecule has 2 rings (SSSR count). The quantitative estimate of drug-likeness (QED) is 0.472. The molecule has 0 saturated carbocycles. The highest BCUT2D eigenvalue weighted by atomic mass is 35.5. The largest absolute Gasteiger partial charge is 0.457 e. The molecule has 8 heteroatoms. The van der Waals surface area contributed by atoms with Crippen LogP contribution in [0.15, 0.2) is 65.2 Å². The number of hydrogen-bond acceptors (Lipinski definition) is 5. The molecular weight excluding hydrogens is 451 g/mol. The van der Waals surface area contributed by atoms with Crippen LogP contribution in [-0.4, -0.2) is 17.9 Å². The van der Waals surface area contributed by atoms with Crippen LogP contribution in [0.1, 0.15) is 32.4 Å². The Labute approximate surface area is 197 Å². The van der Waals surface area contributed by atoms with Gasteiger partial charge >= 0.3 is 5.97 Å². The van der Waals surface area contributed by atoms with Crippen molar-refractivity contribution in [1.29, 1.82) is 5.26 Å². The summed E-state index contributed by atoms with van der Waals surface area (Å²) >= 11 is 11.6. The second-order valence-corrected chi connectivity index (χ2v) is 8.39. The number of halogens is 2. The molecule has 0 radical (unpaired) electrons. The van der Waals surface area contributed by atoms with Crippen LogP contribution in [-0.2, 0) is 14.3 Å². The summed E-state index contributed by atoms with van der Waals surface area (Å²) in [6.45, 7) is 4.92. The van der Waals surface area contributed by atoms with Crippen molar-refractivity contribution in [3.8, 4) is 17.6 Å². The molecule has 0 bridgehead atoms. The van der Waals surface area contributed by atoms with Gasteiger partial charge in [-0.05, 0) is 36.3 Å². The predicted octanol–water partition coefficient (Wildman–Crippen LogP) is 5.68. The number of rotatable bonds is 9. The summed E-state index contributed by atoms with van der Waals surface area (Å²) in [6, 6.07) is 17.1. The Morgan fingerprint density at radius 2 is 1.72 bits per heavy atom. The molecule has 3 atom stereocenters. The molecule has 168 valence electrons. The molecule has 32 heavy (non-hydrogen) atoms. The Morgan fingerprint density at radius 1 is 1.06 bits per heavy atom. The number of carbonyl (C=O) groups excluding carboxylic acids is 2. The molecule has 1 N–H and O–H groups in total. The first kappa shape index (κ1) is 25.3. The number of para-hydroxylation sites is 1. The summed E-state index contributed by atoms with van der Waals surface area (Å²) in [6.07, 6.45) is 0.197. The first-order chi connectivity index (χ1) is 15.2. The van der Waals surface area contributed by atoms with E-state index in [0.717, 1.165) is 0 Å². The Morgan fingerprint density at radius 3 is 2.28 bits per heavy atom. The van der Waals surface area contributed by atoms with Crippen molar-refractivity contribution in [3.63, 3.8) is 0 Å². The second kappa shape index (κ2) is 12.1. The minimum atomic E-state index is -1.17. The lowest BCUT2D eigenvalue weighted by Gasteiger charge is -2.27. The predicted molar refractivity (Wildman–Crippen MR) is 123 cm³/mol. The maximum Gasteiger partial charge on any atom is 0.313 e. The van der Waals surface area contributed by atoms with Gasteiger partial charge in [0, 0.05) is 12.5 Å². The Bertz CT molecular complexity index is 999. The smallest absolute Gasteiger partial charge is 0.313 e. The SMILES string of the molecule is CC(=O)NC(C=C(Cl)Cl)C(C(=O)OC(C#N)c1cccc(Oc2ccccc2)c1)C(C)C. The molecule has 0 aliphatic heterocycles. The minimum absolute atomic E-state index is 0.0928. The van der Waals surface area contributed by atoms with E-state index in [1.807, 2.05) is 24.3 Å². The van der Waals surface area contributed by atoms with Crippen LogP contribution in [0, 0.1) is 23.2 Å². The third-order valence-electron chi connectivity index (χ3n) is 4.54. The molecule has 0 fully saturated rings. The fraction of sp³-hybridized carbons (Fsp3) is 0.292. The van der Waals surface area contributed by atoms with E-state index in [1.54, 1.807) is 50.2 Å². The topological polar surface area (TPSA) is 88.4 Å². The number of esters is 1. The number of nitrogens with zero attached hydrogens (tertiary/aromatic N) is 1. The summed E-state index contributed by atoms with van der Waals surface area (Å²) in [7, 11) is 0. The summed E-state index contributed by atoms with van der Waals surface area (Å²) in [5.41, 5.74) is 0.457. The van der Waals surface area contributed by atoms with E-state index >= 15 is 0 Å². The van der Waals surface area contributed by atoms with Gasteiger partial charge in [-0.25, -0.2) is 0 Å². The van der Waals surface area contributed by atoms with E-state index in [2.05, 4.69) is 5.32 Å². The third-order valence-corrected chi connectivity index (χ3v) is 4.80. The molecule has 1 amide bonds. The number of ether oxygens (including phenoxy) is 2. The summed E-state index contributed by atoms with van der Waals surface area (Å²) in [5, 5.41) is 12.3. The van der Waals surface area contributed by atoms with Crippen molar-refractivity contribution in [1.82, 2.24) is 5.32 Å². The molecule has 0 aliphatic carbocycles. The normalized spacial score (nSPS) is 13.3. The lowest BCUT2D eigenvalue weighted by Crippen LogP contribution is -2.44. The fourth-order valence-electron chi connectivity index (χ4n) is 3.17. The van der Waals surface area contributed by atoms with Crippen LogP contribution in [0.3, 0.4) is 0 Å². The first-order valence-corrected chi connectivity index (χ1v) is 10.7. The van der Waals surface area contributed by atoms with E-state index in [-0.39, 0.29) is 16.3 Å². The molecular formula is C24H24Cl2N2O4. The van der Waals surface area contributed by atoms with Crippen LogP contribution in [0.2, 0.25) is 0 Å². The van der Waals surface area contributed by atoms with Crippen molar-refractivity contribution >= 4 is 35.1 Å². The lowest BCUT2D eigenvalue weighted by atomic mass is 9.88. The van der Waals surface area contributed by atoms with Crippen LogP contribution in [0.5, 0.6) is 11.5 Å². The van der Waals surface area contributed by atoms with Crippen molar-refractivity contribution < 1.29 is 19.1 Å². The summed E-state index contributed by atoms with van der Waals surface area (Å²) in [5.74, 6) is -0.940. The van der Waals surface area contributed by atoms with Crippen molar-refractivity contribution in [3.05, 3.63) is 70.7 Å². The average molecular weight is 475 g/mol. The zero-order chi connectivity index (χ0) is 23.7. The fourth-order valence-corrected chi connectivity index (χ4v) is 3.44. The third kappa shape index (κ3) is 7.60. The van der Waals surface area contributed by atoms with Gasteiger partial charge in [0.25, 0.3) is 0 Å². The van der Waals surface area contributed by atoms with Gasteiger partial charge in [0.15, 0.2) is 0 Å². The minimum Gasteiger partial charge on any atom is -0.457 e. The number of benzene rings is 2. The molecule has 6 nitrogen and oxygen atoms in total. The van der Waals surface area contributed by atoms with E-state index in [9.17, 15) is 14.9 Å². The maximum absolute atomic E-state index is 13.0. The molecule has 0 aromatic heterocycles. The van der Waals surface area contributed by atoms with Crippen LogP contribution >= 0.6 is 23.2 Å². The first-order valence-electron chi connectivity index (χ1n) is 9.94.